The minimum atomic E-state index is -4.41. The third-order valence-electron chi connectivity index (χ3n) is 3.84. The quantitative estimate of drug-likeness (QED) is 0.737. The fourth-order valence-electron chi connectivity index (χ4n) is 2.25. The van der Waals surface area contributed by atoms with Gasteiger partial charge in [-0.3, -0.25) is 0 Å². The van der Waals surface area contributed by atoms with Gasteiger partial charge in [-0.2, -0.15) is 13.2 Å². The number of para-hydroxylation sites is 1. The first-order valence-corrected chi connectivity index (χ1v) is 7.88. The lowest BCUT2D eigenvalue weighted by Crippen LogP contribution is -2.46. The van der Waals surface area contributed by atoms with Gasteiger partial charge in [0, 0.05) is 12.1 Å². The summed E-state index contributed by atoms with van der Waals surface area (Å²) in [6.07, 6.45) is -2.67. The van der Waals surface area contributed by atoms with E-state index in [0.717, 1.165) is 18.9 Å². The Bertz CT molecular complexity index is 492. The van der Waals surface area contributed by atoms with E-state index in [0.29, 0.717) is 5.11 Å². The Hall–Kier alpha value is -1.30. The maximum absolute atomic E-state index is 13.1. The molecule has 0 fully saturated rings. The fraction of sp³-hybridized carbons (Fsp3) is 0.562. The van der Waals surface area contributed by atoms with Crippen molar-refractivity contribution < 1.29 is 13.2 Å². The molecule has 0 aliphatic heterocycles. The minimum absolute atomic E-state index is 0.00314. The Balaban J connectivity index is 3.05. The van der Waals surface area contributed by atoms with Crippen molar-refractivity contribution in [3.05, 3.63) is 29.8 Å². The van der Waals surface area contributed by atoms with Crippen LogP contribution in [0.1, 0.15) is 46.1 Å². The molecule has 0 saturated carbocycles. The average Bonchev–Trinajstić information content (AvgIpc) is 2.46. The van der Waals surface area contributed by atoms with Crippen molar-refractivity contribution in [2.24, 2.45) is 0 Å². The molecule has 0 radical (unpaired) electrons. The van der Waals surface area contributed by atoms with Crippen LogP contribution in [-0.4, -0.2) is 22.1 Å². The smallest absolute Gasteiger partial charge is 0.344 e. The summed E-state index contributed by atoms with van der Waals surface area (Å²) in [5.41, 5.74) is -0.706. The van der Waals surface area contributed by atoms with Gasteiger partial charge in [-0.15, -0.1) is 0 Å². The van der Waals surface area contributed by atoms with E-state index in [1.165, 1.54) is 12.1 Å². The molecule has 1 aromatic rings. The molecular weight excluding hydrogens is 309 g/mol. The number of benzene rings is 1. The highest BCUT2D eigenvalue weighted by atomic mass is 32.1. The zero-order chi connectivity index (χ0) is 16.9. The molecule has 0 heterocycles. The largest absolute Gasteiger partial charge is 0.418 e. The van der Waals surface area contributed by atoms with Crippen molar-refractivity contribution in [2.75, 3.05) is 5.32 Å². The molecule has 0 aromatic heterocycles. The molecule has 0 bridgehead atoms. The van der Waals surface area contributed by atoms with Gasteiger partial charge < -0.3 is 10.2 Å². The van der Waals surface area contributed by atoms with Crippen LogP contribution in [0.25, 0.3) is 0 Å². The first kappa shape index (κ1) is 18.7. The highest BCUT2D eigenvalue weighted by Gasteiger charge is 2.34. The maximum Gasteiger partial charge on any atom is 0.418 e. The lowest BCUT2D eigenvalue weighted by Gasteiger charge is -2.36. The second-order valence-corrected chi connectivity index (χ2v) is 5.78. The maximum atomic E-state index is 13.1. The Kier molecular flexibility index (Phi) is 6.66. The Labute approximate surface area is 135 Å². The van der Waals surface area contributed by atoms with Crippen molar-refractivity contribution >= 4 is 23.0 Å². The summed E-state index contributed by atoms with van der Waals surface area (Å²) in [6.45, 7) is 8.12. The van der Waals surface area contributed by atoms with E-state index >= 15 is 0 Å². The molecule has 2 nitrogen and oxygen atoms in total. The number of thiocarbonyl (C=S) groups is 1. The van der Waals surface area contributed by atoms with E-state index < -0.39 is 11.7 Å². The van der Waals surface area contributed by atoms with E-state index in [1.54, 1.807) is 6.07 Å². The van der Waals surface area contributed by atoms with E-state index in [9.17, 15) is 13.2 Å². The number of nitrogens with zero attached hydrogens (tertiary/aromatic N) is 1. The highest BCUT2D eigenvalue weighted by molar-refractivity contribution is 7.80. The summed E-state index contributed by atoms with van der Waals surface area (Å²) < 4.78 is 39.2. The van der Waals surface area contributed by atoms with Crippen molar-refractivity contribution in [2.45, 2.75) is 58.8 Å². The summed E-state index contributed by atoms with van der Waals surface area (Å²) in [5.74, 6) is 0. The van der Waals surface area contributed by atoms with Crippen LogP contribution in [0.3, 0.4) is 0 Å². The number of nitrogens with one attached hydrogen (secondary N) is 1. The van der Waals surface area contributed by atoms with E-state index in [2.05, 4.69) is 5.32 Å². The second kappa shape index (κ2) is 7.81. The zero-order valence-corrected chi connectivity index (χ0v) is 14.2. The van der Waals surface area contributed by atoms with E-state index in [4.69, 9.17) is 12.2 Å². The van der Waals surface area contributed by atoms with Crippen LogP contribution in [0.5, 0.6) is 0 Å². The molecule has 0 aliphatic carbocycles. The fourth-order valence-corrected chi connectivity index (χ4v) is 2.72. The molecule has 2 atom stereocenters. The molecule has 1 rings (SSSR count). The van der Waals surface area contributed by atoms with Crippen LogP contribution in [0.4, 0.5) is 18.9 Å². The van der Waals surface area contributed by atoms with Crippen molar-refractivity contribution in [3.63, 3.8) is 0 Å². The van der Waals surface area contributed by atoms with Gasteiger partial charge in [0.1, 0.15) is 0 Å². The van der Waals surface area contributed by atoms with Crippen molar-refractivity contribution in [1.82, 2.24) is 4.90 Å². The zero-order valence-electron chi connectivity index (χ0n) is 13.4. The van der Waals surface area contributed by atoms with Crippen LogP contribution in [0, 0.1) is 0 Å². The summed E-state index contributed by atoms with van der Waals surface area (Å²) >= 11 is 5.37. The van der Waals surface area contributed by atoms with E-state index in [-0.39, 0.29) is 17.8 Å². The molecule has 0 saturated heterocycles. The monoisotopic (exact) mass is 332 g/mol. The SMILES string of the molecule is CCC(C)N(C(=S)Nc1ccccc1C(F)(F)F)C(C)CC. The molecule has 6 heteroatoms. The van der Waals surface area contributed by atoms with Gasteiger partial charge in [0.05, 0.1) is 11.3 Å². The van der Waals surface area contributed by atoms with Crippen LogP contribution in [0.15, 0.2) is 24.3 Å². The number of halogens is 3. The summed E-state index contributed by atoms with van der Waals surface area (Å²) in [7, 11) is 0. The topological polar surface area (TPSA) is 15.3 Å². The van der Waals surface area contributed by atoms with Crippen molar-refractivity contribution in [3.8, 4) is 0 Å². The number of hydrogen-bond donors (Lipinski definition) is 1. The van der Waals surface area contributed by atoms with Crippen LogP contribution >= 0.6 is 12.2 Å². The van der Waals surface area contributed by atoms with Crippen molar-refractivity contribution in [1.29, 1.82) is 0 Å². The lowest BCUT2D eigenvalue weighted by molar-refractivity contribution is -0.136. The molecular formula is C16H23F3N2S. The predicted octanol–water partition coefficient (Wildman–Crippen LogP) is 5.30. The van der Waals surface area contributed by atoms with E-state index in [1.807, 2.05) is 32.6 Å². The summed E-state index contributed by atoms with van der Waals surface area (Å²) in [6, 6.07) is 5.72. The number of hydrogen-bond acceptors (Lipinski definition) is 1. The van der Waals surface area contributed by atoms with Crippen LogP contribution in [-0.2, 0) is 6.18 Å². The normalized spacial score (nSPS) is 14.3. The molecule has 0 amide bonds. The van der Waals surface area contributed by atoms with Gasteiger partial charge in [0.15, 0.2) is 5.11 Å². The average molecular weight is 332 g/mol. The Morgan fingerprint density at radius 2 is 1.64 bits per heavy atom. The molecule has 1 aromatic carbocycles. The molecule has 0 aliphatic rings. The first-order valence-electron chi connectivity index (χ1n) is 7.47. The second-order valence-electron chi connectivity index (χ2n) is 5.40. The van der Waals surface area contributed by atoms with Gasteiger partial charge in [-0.1, -0.05) is 26.0 Å². The first-order chi connectivity index (χ1) is 10.2. The lowest BCUT2D eigenvalue weighted by atomic mass is 10.1. The van der Waals surface area contributed by atoms with Gasteiger partial charge in [-0.25, -0.2) is 0 Å². The predicted molar refractivity (Wildman–Crippen MR) is 89.0 cm³/mol. The summed E-state index contributed by atoms with van der Waals surface area (Å²) in [5, 5.41) is 3.12. The Morgan fingerprint density at radius 1 is 1.14 bits per heavy atom. The third kappa shape index (κ3) is 4.60. The Morgan fingerprint density at radius 3 is 2.09 bits per heavy atom. The number of rotatable bonds is 5. The van der Waals surface area contributed by atoms with Crippen LogP contribution < -0.4 is 5.32 Å². The number of anilines is 1. The standard InChI is InChI=1S/C16H23F3N2S/c1-5-11(3)21(12(4)6-2)15(22)20-14-10-8-7-9-13(14)16(17,18)19/h7-12H,5-6H2,1-4H3,(H,20,22). The van der Waals surface area contributed by atoms with Crippen LogP contribution in [0.2, 0.25) is 0 Å². The molecule has 22 heavy (non-hydrogen) atoms. The molecule has 124 valence electrons. The van der Waals surface area contributed by atoms with Gasteiger partial charge in [0.25, 0.3) is 0 Å². The minimum Gasteiger partial charge on any atom is -0.344 e. The summed E-state index contributed by atoms with van der Waals surface area (Å²) in [4.78, 5) is 1.97. The van der Waals surface area contributed by atoms with Gasteiger partial charge >= 0.3 is 6.18 Å². The third-order valence-corrected chi connectivity index (χ3v) is 4.15. The molecule has 1 N–H and O–H groups in total. The van der Waals surface area contributed by atoms with Gasteiger partial charge in [-0.05, 0) is 51.0 Å². The molecule has 2 unspecified atom stereocenters. The molecule has 0 spiro atoms. The number of alkyl halides is 3. The highest BCUT2D eigenvalue weighted by Crippen LogP contribution is 2.34. The van der Waals surface area contributed by atoms with Gasteiger partial charge in [0.2, 0.25) is 0 Å².